The Balaban J connectivity index is 1.65. The predicted molar refractivity (Wildman–Crippen MR) is 83.9 cm³/mol. The number of anilines is 1. The van der Waals surface area contributed by atoms with Gasteiger partial charge in [-0.25, -0.2) is 19.3 Å². The third-order valence-electron chi connectivity index (χ3n) is 3.85. The molecular weight excluding hydrogens is 303 g/mol. The van der Waals surface area contributed by atoms with Crippen LogP contribution in [0.25, 0.3) is 0 Å². The first-order chi connectivity index (χ1) is 10.8. The van der Waals surface area contributed by atoms with Gasteiger partial charge in [0.15, 0.2) is 11.6 Å². The average Bonchev–Trinajstić information content (AvgIpc) is 3.07. The van der Waals surface area contributed by atoms with Crippen molar-refractivity contribution in [3.63, 3.8) is 0 Å². The topological polar surface area (TPSA) is 51.1 Å². The Bertz CT molecular complexity index is 608. The lowest BCUT2D eigenvalue weighted by atomic mass is 9.99. The van der Waals surface area contributed by atoms with Crippen LogP contribution in [0.1, 0.15) is 25.5 Å². The third kappa shape index (κ3) is 3.35. The summed E-state index contributed by atoms with van der Waals surface area (Å²) in [7, 11) is 0. The largest absolute Gasteiger partial charge is 0.470 e. The minimum Gasteiger partial charge on any atom is -0.470 e. The number of piperidine rings is 1. The van der Waals surface area contributed by atoms with Crippen LogP contribution in [0.2, 0.25) is 0 Å². The molecule has 2 aromatic rings. The second-order valence-electron chi connectivity index (χ2n) is 5.37. The van der Waals surface area contributed by atoms with Gasteiger partial charge in [-0.3, -0.25) is 0 Å². The lowest BCUT2D eigenvalue weighted by molar-refractivity contribution is 0.227. The van der Waals surface area contributed by atoms with Crippen LogP contribution in [-0.2, 0) is 6.42 Å². The molecule has 1 fully saturated rings. The number of ether oxygens (including phenoxy) is 1. The van der Waals surface area contributed by atoms with E-state index in [9.17, 15) is 4.39 Å². The van der Waals surface area contributed by atoms with E-state index in [0.29, 0.717) is 35.7 Å². The van der Waals surface area contributed by atoms with Crippen LogP contribution in [0, 0.1) is 11.7 Å². The first-order valence-electron chi connectivity index (χ1n) is 7.54. The fourth-order valence-corrected chi connectivity index (χ4v) is 3.22. The zero-order chi connectivity index (χ0) is 15.4. The van der Waals surface area contributed by atoms with Crippen molar-refractivity contribution in [1.29, 1.82) is 0 Å². The standard InChI is InChI=1S/C15H19FN4OS/c1-2-12-13(16)14(19-10-18-12)20-6-3-4-11(8-20)9-21-15-17-5-7-22-15/h5,7,10-11H,2-4,6,8-9H2,1H3. The van der Waals surface area contributed by atoms with Gasteiger partial charge in [0, 0.05) is 30.6 Å². The molecule has 3 heterocycles. The molecule has 0 aromatic carbocycles. The Morgan fingerprint density at radius 1 is 1.41 bits per heavy atom. The highest BCUT2D eigenvalue weighted by atomic mass is 32.1. The molecule has 0 radical (unpaired) electrons. The first kappa shape index (κ1) is 15.1. The van der Waals surface area contributed by atoms with Gasteiger partial charge in [-0.15, -0.1) is 0 Å². The van der Waals surface area contributed by atoms with Crippen molar-refractivity contribution >= 4 is 17.2 Å². The summed E-state index contributed by atoms with van der Waals surface area (Å²) in [4.78, 5) is 14.3. The number of aryl methyl sites for hydroxylation is 1. The minimum atomic E-state index is -0.286. The second-order valence-corrected chi connectivity index (χ2v) is 6.23. The summed E-state index contributed by atoms with van der Waals surface area (Å²) >= 11 is 1.49. The van der Waals surface area contributed by atoms with Crippen LogP contribution in [0.3, 0.4) is 0 Å². The van der Waals surface area contributed by atoms with Gasteiger partial charge in [-0.05, 0) is 19.3 Å². The van der Waals surface area contributed by atoms with Crippen molar-refractivity contribution in [3.05, 3.63) is 29.4 Å². The van der Waals surface area contributed by atoms with Crippen molar-refractivity contribution in [1.82, 2.24) is 15.0 Å². The van der Waals surface area contributed by atoms with Gasteiger partial charge in [0.1, 0.15) is 6.33 Å². The summed E-state index contributed by atoms with van der Waals surface area (Å²) in [6, 6.07) is 0. The molecule has 22 heavy (non-hydrogen) atoms. The SMILES string of the molecule is CCc1ncnc(N2CCCC(COc3nccs3)C2)c1F. The monoisotopic (exact) mass is 322 g/mol. The summed E-state index contributed by atoms with van der Waals surface area (Å²) in [5.41, 5.74) is 0.478. The zero-order valence-corrected chi connectivity index (χ0v) is 13.4. The molecule has 1 aliphatic rings. The number of hydrogen-bond donors (Lipinski definition) is 0. The summed E-state index contributed by atoms with van der Waals surface area (Å²) in [5, 5.41) is 2.59. The van der Waals surface area contributed by atoms with Crippen LogP contribution >= 0.6 is 11.3 Å². The van der Waals surface area contributed by atoms with E-state index < -0.39 is 0 Å². The number of rotatable bonds is 5. The zero-order valence-electron chi connectivity index (χ0n) is 12.5. The summed E-state index contributed by atoms with van der Waals surface area (Å²) < 4.78 is 20.1. The fraction of sp³-hybridized carbons (Fsp3) is 0.533. The Morgan fingerprint density at radius 2 is 2.32 bits per heavy atom. The second kappa shape index (κ2) is 7.00. The Kier molecular flexibility index (Phi) is 4.82. The van der Waals surface area contributed by atoms with Gasteiger partial charge in [-0.2, -0.15) is 0 Å². The molecule has 0 spiro atoms. The van der Waals surface area contributed by atoms with E-state index in [1.807, 2.05) is 17.2 Å². The fourth-order valence-electron chi connectivity index (χ4n) is 2.73. The van der Waals surface area contributed by atoms with Gasteiger partial charge in [-0.1, -0.05) is 18.3 Å². The number of nitrogens with zero attached hydrogens (tertiary/aromatic N) is 4. The number of aromatic nitrogens is 3. The molecule has 0 N–H and O–H groups in total. The average molecular weight is 322 g/mol. The Hall–Kier alpha value is -1.76. The lowest BCUT2D eigenvalue weighted by Gasteiger charge is -2.33. The molecule has 7 heteroatoms. The van der Waals surface area contributed by atoms with Crippen LogP contribution < -0.4 is 9.64 Å². The molecule has 1 unspecified atom stereocenters. The molecule has 0 aliphatic carbocycles. The Morgan fingerprint density at radius 3 is 3.09 bits per heavy atom. The van der Waals surface area contributed by atoms with Crippen molar-refractivity contribution in [2.24, 2.45) is 5.92 Å². The summed E-state index contributed by atoms with van der Waals surface area (Å²) in [5.74, 6) is 0.495. The van der Waals surface area contributed by atoms with Crippen molar-refractivity contribution in [3.8, 4) is 5.19 Å². The normalized spacial score (nSPS) is 18.5. The number of hydrogen-bond acceptors (Lipinski definition) is 6. The smallest absolute Gasteiger partial charge is 0.273 e. The molecule has 118 valence electrons. The van der Waals surface area contributed by atoms with E-state index in [1.54, 1.807) is 6.20 Å². The molecular formula is C15H19FN4OS. The maximum Gasteiger partial charge on any atom is 0.273 e. The van der Waals surface area contributed by atoms with E-state index >= 15 is 0 Å². The van der Waals surface area contributed by atoms with Gasteiger partial charge >= 0.3 is 0 Å². The van der Waals surface area contributed by atoms with E-state index in [0.717, 1.165) is 25.9 Å². The van der Waals surface area contributed by atoms with Gasteiger partial charge < -0.3 is 9.64 Å². The highest BCUT2D eigenvalue weighted by Gasteiger charge is 2.24. The molecule has 1 aliphatic heterocycles. The molecule has 1 atom stereocenters. The van der Waals surface area contributed by atoms with Crippen LogP contribution in [-0.4, -0.2) is 34.6 Å². The molecule has 2 aromatic heterocycles. The van der Waals surface area contributed by atoms with Gasteiger partial charge in [0.05, 0.1) is 12.3 Å². The number of halogens is 1. The van der Waals surface area contributed by atoms with E-state index in [4.69, 9.17) is 4.74 Å². The maximum absolute atomic E-state index is 14.4. The molecule has 1 saturated heterocycles. The predicted octanol–water partition coefficient (Wildman–Crippen LogP) is 2.93. The van der Waals surface area contributed by atoms with Crippen LogP contribution in [0.15, 0.2) is 17.9 Å². The molecule has 5 nitrogen and oxygen atoms in total. The summed E-state index contributed by atoms with van der Waals surface area (Å²) in [6.45, 7) is 4.08. The van der Waals surface area contributed by atoms with Crippen LogP contribution in [0.4, 0.5) is 10.2 Å². The van der Waals surface area contributed by atoms with E-state index in [2.05, 4.69) is 15.0 Å². The number of thiazole rings is 1. The van der Waals surface area contributed by atoms with Crippen LogP contribution in [0.5, 0.6) is 5.19 Å². The van der Waals surface area contributed by atoms with E-state index in [-0.39, 0.29) is 5.82 Å². The molecule has 3 rings (SSSR count). The van der Waals surface area contributed by atoms with Crippen molar-refractivity contribution in [2.75, 3.05) is 24.6 Å². The highest BCUT2D eigenvalue weighted by molar-refractivity contribution is 7.11. The highest BCUT2D eigenvalue weighted by Crippen LogP contribution is 2.25. The minimum absolute atomic E-state index is 0.286. The summed E-state index contributed by atoms with van der Waals surface area (Å²) in [6.07, 6.45) is 5.85. The molecule has 0 amide bonds. The quantitative estimate of drug-likeness (QED) is 0.847. The molecule has 0 bridgehead atoms. The van der Waals surface area contributed by atoms with Crippen molar-refractivity contribution in [2.45, 2.75) is 26.2 Å². The lowest BCUT2D eigenvalue weighted by Crippen LogP contribution is -2.39. The van der Waals surface area contributed by atoms with E-state index in [1.165, 1.54) is 17.7 Å². The van der Waals surface area contributed by atoms with Crippen molar-refractivity contribution < 1.29 is 9.13 Å². The first-order valence-corrected chi connectivity index (χ1v) is 8.42. The molecule has 0 saturated carbocycles. The van der Waals surface area contributed by atoms with Gasteiger partial charge in [0.2, 0.25) is 0 Å². The maximum atomic E-state index is 14.4. The Labute approximate surface area is 133 Å². The third-order valence-corrected chi connectivity index (χ3v) is 4.53. The van der Waals surface area contributed by atoms with Gasteiger partial charge in [0.25, 0.3) is 5.19 Å².